The van der Waals surface area contributed by atoms with E-state index in [9.17, 15) is 14.4 Å². The van der Waals surface area contributed by atoms with E-state index in [0.29, 0.717) is 17.8 Å². The zero-order valence-corrected chi connectivity index (χ0v) is 19.4. The summed E-state index contributed by atoms with van der Waals surface area (Å²) in [5.41, 5.74) is 6.10. The van der Waals surface area contributed by atoms with Crippen LogP contribution in [-0.4, -0.2) is 58.3 Å². The quantitative estimate of drug-likeness (QED) is 0.556. The van der Waals surface area contributed by atoms with Crippen molar-refractivity contribution >= 4 is 52.8 Å². The van der Waals surface area contributed by atoms with Crippen LogP contribution in [0, 0.1) is 0 Å². The van der Waals surface area contributed by atoms with Gasteiger partial charge in [0, 0.05) is 47.9 Å². The van der Waals surface area contributed by atoms with E-state index in [1.54, 1.807) is 17.5 Å². The van der Waals surface area contributed by atoms with E-state index in [4.69, 9.17) is 5.73 Å². The van der Waals surface area contributed by atoms with Gasteiger partial charge in [-0.15, -0.1) is 35.1 Å². The van der Waals surface area contributed by atoms with Gasteiger partial charge in [0.1, 0.15) is 0 Å². The number of likely N-dealkylation sites (N-methyl/N-ethyl adjacent to an activating group) is 1. The lowest BCUT2D eigenvalue weighted by atomic mass is 9.82. The van der Waals surface area contributed by atoms with Crippen molar-refractivity contribution in [2.75, 3.05) is 13.6 Å². The summed E-state index contributed by atoms with van der Waals surface area (Å²) in [6.07, 6.45) is 4.65. The van der Waals surface area contributed by atoms with Gasteiger partial charge in [-0.3, -0.25) is 14.4 Å². The van der Waals surface area contributed by atoms with Crippen LogP contribution in [0.15, 0.2) is 11.6 Å². The van der Waals surface area contributed by atoms with Gasteiger partial charge in [-0.05, 0) is 26.3 Å². The summed E-state index contributed by atoms with van der Waals surface area (Å²) >= 11 is 3.00. The summed E-state index contributed by atoms with van der Waals surface area (Å²) in [5, 5.41) is 9.11. The van der Waals surface area contributed by atoms with E-state index < -0.39 is 11.8 Å². The summed E-state index contributed by atoms with van der Waals surface area (Å²) in [6.45, 7) is 1.73. The molecule has 0 saturated heterocycles. The highest BCUT2D eigenvalue weighted by Gasteiger charge is 2.35. The lowest BCUT2D eigenvalue weighted by Crippen LogP contribution is -2.56. The third-order valence-electron chi connectivity index (χ3n) is 5.62. The van der Waals surface area contributed by atoms with Crippen molar-refractivity contribution in [2.45, 2.75) is 50.2 Å². The summed E-state index contributed by atoms with van der Waals surface area (Å²) in [5.74, 6) is -1.92. The molecular formula is C19H25ClN6O3S2. The van der Waals surface area contributed by atoms with Crippen LogP contribution >= 0.6 is 35.1 Å². The van der Waals surface area contributed by atoms with Gasteiger partial charge in [-0.25, -0.2) is 9.97 Å². The first-order valence-electron chi connectivity index (χ1n) is 9.88. The monoisotopic (exact) mass is 484 g/mol. The molecule has 0 bridgehead atoms. The lowest BCUT2D eigenvalue weighted by Gasteiger charge is -2.36. The number of hydrogen-bond donors (Lipinski definition) is 3. The van der Waals surface area contributed by atoms with E-state index >= 15 is 0 Å². The Balaban J connectivity index is 0.00000272. The Bertz CT molecular complexity index is 951. The van der Waals surface area contributed by atoms with Crippen molar-refractivity contribution in [2.24, 2.45) is 5.73 Å². The Morgan fingerprint density at radius 3 is 2.74 bits per heavy atom. The van der Waals surface area contributed by atoms with Gasteiger partial charge >= 0.3 is 11.8 Å². The molecule has 3 heterocycles. The van der Waals surface area contributed by atoms with Gasteiger partial charge in [0.2, 0.25) is 0 Å². The molecule has 4 N–H and O–H groups in total. The molecule has 2 aromatic heterocycles. The lowest BCUT2D eigenvalue weighted by molar-refractivity contribution is -0.138. The van der Waals surface area contributed by atoms with Crippen LogP contribution in [0.1, 0.15) is 50.6 Å². The second-order valence-corrected chi connectivity index (χ2v) is 9.79. The van der Waals surface area contributed by atoms with Gasteiger partial charge in [-0.2, -0.15) is 0 Å². The largest absolute Gasteiger partial charge is 0.361 e. The highest BCUT2D eigenvalue weighted by Crippen LogP contribution is 2.34. The summed E-state index contributed by atoms with van der Waals surface area (Å²) in [4.78, 5) is 48.3. The number of amides is 3. The van der Waals surface area contributed by atoms with Crippen molar-refractivity contribution in [1.29, 1.82) is 0 Å². The van der Waals surface area contributed by atoms with Crippen LogP contribution in [0.5, 0.6) is 0 Å². The molecule has 1 aliphatic carbocycles. The third kappa shape index (κ3) is 5.40. The zero-order valence-electron chi connectivity index (χ0n) is 17.0. The Morgan fingerprint density at radius 2 is 2.03 bits per heavy atom. The minimum absolute atomic E-state index is 0. The molecule has 0 radical (unpaired) electrons. The number of carbonyl (C=O) groups excluding carboxylic acids is 3. The fourth-order valence-corrected chi connectivity index (χ4v) is 5.93. The maximum absolute atomic E-state index is 13.0. The van der Waals surface area contributed by atoms with E-state index in [0.717, 1.165) is 41.5 Å². The molecule has 1 fully saturated rings. The summed E-state index contributed by atoms with van der Waals surface area (Å²) in [7, 11) is 2.05. The predicted molar refractivity (Wildman–Crippen MR) is 120 cm³/mol. The van der Waals surface area contributed by atoms with Gasteiger partial charge < -0.3 is 21.3 Å². The van der Waals surface area contributed by atoms with Crippen molar-refractivity contribution < 1.29 is 14.4 Å². The Kier molecular flexibility index (Phi) is 7.63. The molecule has 1 saturated carbocycles. The second kappa shape index (κ2) is 10.0. The number of primary amides is 1. The van der Waals surface area contributed by atoms with Crippen LogP contribution in [-0.2, 0) is 22.6 Å². The number of rotatable bonds is 4. The minimum atomic E-state index is -1.03. The van der Waals surface area contributed by atoms with Gasteiger partial charge in [0.15, 0.2) is 5.01 Å². The molecule has 3 atom stereocenters. The maximum atomic E-state index is 13.0. The smallest absolute Gasteiger partial charge is 0.309 e. The number of halogens is 1. The van der Waals surface area contributed by atoms with Gasteiger partial charge in [0.05, 0.1) is 16.7 Å². The van der Waals surface area contributed by atoms with E-state index in [1.807, 2.05) is 5.38 Å². The number of nitrogens with one attached hydrogen (secondary N) is 2. The first kappa shape index (κ1) is 23.6. The normalized spacial score (nSPS) is 23.3. The molecule has 2 aliphatic rings. The topological polar surface area (TPSA) is 130 Å². The molecule has 2 aromatic rings. The first-order valence-corrected chi connectivity index (χ1v) is 11.6. The van der Waals surface area contributed by atoms with Crippen molar-refractivity contribution in [3.05, 3.63) is 32.2 Å². The highest BCUT2D eigenvalue weighted by molar-refractivity contribution is 7.13. The number of hydrogen-bond acceptors (Lipinski definition) is 8. The number of nitrogens with zero attached hydrogens (tertiary/aromatic N) is 3. The number of aromatic nitrogens is 2. The van der Waals surface area contributed by atoms with Crippen molar-refractivity contribution in [3.8, 4) is 0 Å². The fourth-order valence-electron chi connectivity index (χ4n) is 4.05. The molecule has 168 valence electrons. The van der Waals surface area contributed by atoms with E-state index in [1.165, 1.54) is 11.3 Å². The highest BCUT2D eigenvalue weighted by atomic mass is 35.5. The Hall–Kier alpha value is -2.08. The van der Waals surface area contributed by atoms with Crippen LogP contribution in [0.2, 0.25) is 0 Å². The molecular weight excluding hydrogens is 460 g/mol. The average molecular weight is 485 g/mol. The van der Waals surface area contributed by atoms with Crippen LogP contribution in [0.3, 0.4) is 0 Å². The van der Waals surface area contributed by atoms with Crippen LogP contribution in [0.25, 0.3) is 0 Å². The zero-order chi connectivity index (χ0) is 21.3. The molecule has 0 aromatic carbocycles. The molecule has 31 heavy (non-hydrogen) atoms. The Morgan fingerprint density at radius 1 is 1.23 bits per heavy atom. The minimum Gasteiger partial charge on any atom is -0.361 e. The molecule has 1 aliphatic heterocycles. The number of carbonyl (C=O) groups is 3. The van der Waals surface area contributed by atoms with E-state index in [2.05, 4.69) is 32.5 Å². The van der Waals surface area contributed by atoms with E-state index in [-0.39, 0.29) is 36.3 Å². The third-order valence-corrected chi connectivity index (χ3v) is 7.64. The molecule has 12 heteroatoms. The second-order valence-electron chi connectivity index (χ2n) is 7.78. The van der Waals surface area contributed by atoms with Gasteiger partial charge in [0.25, 0.3) is 5.91 Å². The number of thiazole rings is 2. The summed E-state index contributed by atoms with van der Waals surface area (Å²) < 4.78 is 0. The number of nitrogens with two attached hydrogens (primary N) is 1. The average Bonchev–Trinajstić information content (AvgIpc) is 3.38. The van der Waals surface area contributed by atoms with Crippen LogP contribution in [0.4, 0.5) is 0 Å². The fraction of sp³-hybridized carbons (Fsp3) is 0.526. The SMILES string of the molecule is CN1CCc2nc(C(=O)N[C@@H]3C[C@@H](c4nccs4)CC[C@@H]3NC(=O)C(N)=O)sc2C1.Cl. The van der Waals surface area contributed by atoms with Crippen molar-refractivity contribution in [1.82, 2.24) is 25.5 Å². The Labute approximate surface area is 194 Å². The van der Waals surface area contributed by atoms with Crippen LogP contribution < -0.4 is 16.4 Å². The number of fused-ring (bicyclic) bond motifs is 1. The molecule has 9 nitrogen and oxygen atoms in total. The van der Waals surface area contributed by atoms with Crippen molar-refractivity contribution in [3.63, 3.8) is 0 Å². The maximum Gasteiger partial charge on any atom is 0.309 e. The predicted octanol–water partition coefficient (Wildman–Crippen LogP) is 1.05. The first-order chi connectivity index (χ1) is 14.4. The standard InChI is InChI=1S/C19H24N6O3S2.ClH/c1-25-6-4-12-14(9-25)30-19(24-12)17(28)23-13-8-10(18-21-5-7-29-18)2-3-11(13)22-16(27)15(20)26;/h5,7,10-11,13H,2-4,6,8-9H2,1H3,(H2,20,26)(H,22,27)(H,23,28);1H/t10-,11-,13+;/m0./s1. The molecule has 0 spiro atoms. The molecule has 0 unspecified atom stereocenters. The molecule has 3 amide bonds. The molecule has 4 rings (SSSR count). The van der Waals surface area contributed by atoms with Gasteiger partial charge in [-0.1, -0.05) is 0 Å². The summed E-state index contributed by atoms with van der Waals surface area (Å²) in [6, 6.07) is -0.710.